The van der Waals surface area contributed by atoms with Crippen molar-refractivity contribution in [2.75, 3.05) is 18.8 Å². The van der Waals surface area contributed by atoms with Crippen LogP contribution in [0.1, 0.15) is 32.7 Å². The third-order valence-electron chi connectivity index (χ3n) is 6.31. The molecule has 9 heteroatoms. The van der Waals surface area contributed by atoms with Gasteiger partial charge in [-0.1, -0.05) is 12.1 Å². The number of nitrogen functional groups attached to an aromatic ring is 1. The number of benzene rings is 1. The van der Waals surface area contributed by atoms with Crippen molar-refractivity contribution in [1.29, 1.82) is 0 Å². The summed E-state index contributed by atoms with van der Waals surface area (Å²) < 4.78 is 1.69. The van der Waals surface area contributed by atoms with Crippen LogP contribution in [0.3, 0.4) is 0 Å². The van der Waals surface area contributed by atoms with Crippen LogP contribution < -0.4 is 11.1 Å². The summed E-state index contributed by atoms with van der Waals surface area (Å²) in [7, 11) is 1.83. The number of likely N-dealkylation sites (tertiary alicyclic amines) is 1. The maximum absolute atomic E-state index is 13.0. The number of rotatable bonds is 5. The second-order valence-electron chi connectivity index (χ2n) is 8.82. The van der Waals surface area contributed by atoms with Gasteiger partial charge in [0, 0.05) is 55.3 Å². The molecule has 0 aliphatic carbocycles. The maximum atomic E-state index is 13.0. The minimum Gasteiger partial charge on any atom is -0.383 e. The number of carbonyl (C=O) groups is 2. The van der Waals surface area contributed by atoms with E-state index >= 15 is 0 Å². The van der Waals surface area contributed by atoms with Gasteiger partial charge in [-0.15, -0.1) is 0 Å². The van der Waals surface area contributed by atoms with E-state index in [1.165, 1.54) is 11.1 Å². The smallest absolute Gasteiger partial charge is 0.255 e. The predicted molar refractivity (Wildman–Crippen MR) is 137 cm³/mol. The van der Waals surface area contributed by atoms with Crippen molar-refractivity contribution in [2.45, 2.75) is 19.4 Å². The number of amides is 2. The number of thiophene rings is 1. The van der Waals surface area contributed by atoms with Crippen LogP contribution >= 0.6 is 11.3 Å². The van der Waals surface area contributed by atoms with E-state index in [-0.39, 0.29) is 23.7 Å². The molecule has 0 saturated carbocycles. The number of hydrogen-bond acceptors (Lipinski definition) is 6. The number of nitrogens with one attached hydrogen (secondary N) is 1. The average Bonchev–Trinajstić information content (AvgIpc) is 3.60. The minimum atomic E-state index is -0.296. The van der Waals surface area contributed by atoms with Gasteiger partial charge in [0.25, 0.3) is 11.8 Å². The molecule has 1 aliphatic heterocycles. The summed E-state index contributed by atoms with van der Waals surface area (Å²) in [6.07, 6.45) is 5.87. The summed E-state index contributed by atoms with van der Waals surface area (Å²) in [4.78, 5) is 32.0. The summed E-state index contributed by atoms with van der Waals surface area (Å²) in [5.74, 6) is -0.160. The molecule has 1 saturated heterocycles. The number of aryl methyl sites for hydroxylation is 2. The van der Waals surface area contributed by atoms with E-state index < -0.39 is 0 Å². The minimum absolute atomic E-state index is 0.0323. The first-order valence-corrected chi connectivity index (χ1v) is 12.3. The molecule has 4 aromatic rings. The Labute approximate surface area is 207 Å². The summed E-state index contributed by atoms with van der Waals surface area (Å²) in [6.45, 7) is 3.12. The standard InChI is InChI=1S/C26H26N6O2S/c1-16-14-35-15-23(16)17-3-5-18(6-4-17)26(34)32-8-7-21(13-32)30-25(33)22-9-19(10-28-24(22)27)20-11-29-31(2)12-20/h3-6,9-12,14-15,21H,7-8,13H2,1-2H3,(H2,27,28)(H,30,33)/t21-/m1/s1. The monoisotopic (exact) mass is 486 g/mol. The molecule has 0 bridgehead atoms. The highest BCUT2D eigenvalue weighted by molar-refractivity contribution is 7.08. The Kier molecular flexibility index (Phi) is 6.08. The lowest BCUT2D eigenvalue weighted by molar-refractivity contribution is 0.0783. The summed E-state index contributed by atoms with van der Waals surface area (Å²) in [6, 6.07) is 9.29. The van der Waals surface area contributed by atoms with Gasteiger partial charge >= 0.3 is 0 Å². The lowest BCUT2D eigenvalue weighted by Crippen LogP contribution is -2.38. The lowest BCUT2D eigenvalue weighted by Gasteiger charge is -2.18. The fraction of sp³-hybridized carbons (Fsp3) is 0.231. The van der Waals surface area contributed by atoms with Gasteiger partial charge in [-0.05, 0) is 59.0 Å². The highest BCUT2D eigenvalue weighted by atomic mass is 32.1. The van der Waals surface area contributed by atoms with Gasteiger partial charge in [0.05, 0.1) is 11.8 Å². The Balaban J connectivity index is 1.23. The molecule has 8 nitrogen and oxygen atoms in total. The zero-order valence-electron chi connectivity index (χ0n) is 19.6. The van der Waals surface area contributed by atoms with Crippen LogP contribution in [0.2, 0.25) is 0 Å². The van der Waals surface area contributed by atoms with Gasteiger partial charge in [0.15, 0.2) is 0 Å². The largest absolute Gasteiger partial charge is 0.383 e. The van der Waals surface area contributed by atoms with Crippen molar-refractivity contribution in [3.63, 3.8) is 0 Å². The predicted octanol–water partition coefficient (Wildman–Crippen LogP) is 3.75. The molecule has 1 aliphatic rings. The highest BCUT2D eigenvalue weighted by Crippen LogP contribution is 2.27. The van der Waals surface area contributed by atoms with Crippen LogP contribution in [-0.2, 0) is 7.05 Å². The Morgan fingerprint density at radius 1 is 1.11 bits per heavy atom. The van der Waals surface area contributed by atoms with E-state index in [2.05, 4.69) is 33.1 Å². The molecule has 5 rings (SSSR count). The van der Waals surface area contributed by atoms with E-state index in [0.29, 0.717) is 30.6 Å². The fourth-order valence-electron chi connectivity index (χ4n) is 4.34. The molecule has 35 heavy (non-hydrogen) atoms. The van der Waals surface area contributed by atoms with Crippen molar-refractivity contribution >= 4 is 29.0 Å². The molecule has 0 radical (unpaired) electrons. The third kappa shape index (κ3) is 4.67. The van der Waals surface area contributed by atoms with Crippen molar-refractivity contribution < 1.29 is 9.59 Å². The molecule has 3 N–H and O–H groups in total. The van der Waals surface area contributed by atoms with Crippen molar-refractivity contribution in [2.24, 2.45) is 7.05 Å². The van der Waals surface area contributed by atoms with E-state index in [4.69, 9.17) is 5.73 Å². The number of carbonyl (C=O) groups excluding carboxylic acids is 2. The van der Waals surface area contributed by atoms with E-state index in [1.807, 2.05) is 37.5 Å². The Morgan fingerprint density at radius 2 is 1.91 bits per heavy atom. The molecule has 1 atom stereocenters. The Morgan fingerprint density at radius 3 is 2.60 bits per heavy atom. The van der Waals surface area contributed by atoms with Gasteiger partial charge in [0.1, 0.15) is 5.82 Å². The molecule has 1 fully saturated rings. The first-order valence-electron chi connectivity index (χ1n) is 11.4. The third-order valence-corrected chi connectivity index (χ3v) is 7.17. The van der Waals surface area contributed by atoms with Crippen molar-refractivity contribution in [3.8, 4) is 22.3 Å². The first kappa shape index (κ1) is 22.8. The van der Waals surface area contributed by atoms with Crippen LogP contribution in [0.5, 0.6) is 0 Å². The fourth-order valence-corrected chi connectivity index (χ4v) is 5.20. The highest BCUT2D eigenvalue weighted by Gasteiger charge is 2.29. The van der Waals surface area contributed by atoms with Crippen molar-refractivity contribution in [3.05, 3.63) is 76.4 Å². The molecular weight excluding hydrogens is 460 g/mol. The van der Waals surface area contributed by atoms with Crippen LogP contribution in [0.25, 0.3) is 22.3 Å². The quantitative estimate of drug-likeness (QED) is 0.447. The molecular formula is C26H26N6O2S. The van der Waals surface area contributed by atoms with Crippen LogP contribution in [0, 0.1) is 6.92 Å². The first-order chi connectivity index (χ1) is 16.9. The maximum Gasteiger partial charge on any atom is 0.255 e. The Bertz CT molecular complexity index is 1390. The second-order valence-corrected chi connectivity index (χ2v) is 9.56. The van der Waals surface area contributed by atoms with Crippen LogP contribution in [0.4, 0.5) is 5.82 Å². The van der Waals surface area contributed by atoms with Gasteiger partial charge < -0.3 is 16.0 Å². The molecule has 3 aromatic heterocycles. The Hall–Kier alpha value is -3.98. The number of anilines is 1. The average molecular weight is 487 g/mol. The van der Waals surface area contributed by atoms with Crippen molar-refractivity contribution in [1.82, 2.24) is 25.0 Å². The summed E-state index contributed by atoms with van der Waals surface area (Å²) in [5.41, 5.74) is 12.1. The normalized spacial score (nSPS) is 15.4. The molecule has 2 amide bonds. The molecule has 1 aromatic carbocycles. The van der Waals surface area contributed by atoms with E-state index in [9.17, 15) is 9.59 Å². The number of nitrogens with two attached hydrogens (primary N) is 1. The van der Waals surface area contributed by atoms with Gasteiger partial charge in [-0.3, -0.25) is 14.3 Å². The number of pyridine rings is 1. The summed E-state index contributed by atoms with van der Waals surface area (Å²) >= 11 is 1.67. The van der Waals surface area contributed by atoms with Gasteiger partial charge in [-0.25, -0.2) is 4.98 Å². The lowest BCUT2D eigenvalue weighted by atomic mass is 10.0. The SMILES string of the molecule is Cc1cscc1-c1ccc(C(=O)N2CC[C@@H](NC(=O)c3cc(-c4cnn(C)c4)cnc3N)C2)cc1. The number of aromatic nitrogens is 3. The summed E-state index contributed by atoms with van der Waals surface area (Å²) in [5, 5.41) is 11.4. The van der Waals surface area contributed by atoms with E-state index in [0.717, 1.165) is 16.7 Å². The molecule has 0 unspecified atom stereocenters. The van der Waals surface area contributed by atoms with Gasteiger partial charge in [0.2, 0.25) is 0 Å². The zero-order chi connectivity index (χ0) is 24.5. The molecule has 4 heterocycles. The van der Waals surface area contributed by atoms with E-state index in [1.54, 1.807) is 39.4 Å². The number of hydrogen-bond donors (Lipinski definition) is 2. The molecule has 0 spiro atoms. The number of nitrogens with zero attached hydrogens (tertiary/aromatic N) is 4. The van der Waals surface area contributed by atoms with Crippen LogP contribution in [-0.4, -0.2) is 50.6 Å². The molecule has 178 valence electrons. The second kappa shape index (κ2) is 9.34. The van der Waals surface area contributed by atoms with Gasteiger partial charge in [-0.2, -0.15) is 16.4 Å². The zero-order valence-corrected chi connectivity index (χ0v) is 20.4. The van der Waals surface area contributed by atoms with Crippen LogP contribution in [0.15, 0.2) is 59.7 Å². The topological polar surface area (TPSA) is 106 Å².